The van der Waals surface area contributed by atoms with Gasteiger partial charge in [-0.25, -0.2) is 0 Å². The van der Waals surface area contributed by atoms with Crippen LogP contribution in [0.2, 0.25) is 0 Å². The summed E-state index contributed by atoms with van der Waals surface area (Å²) in [4.78, 5) is 14.6. The zero-order valence-electron chi connectivity index (χ0n) is 13.7. The Bertz CT molecular complexity index is 703. The van der Waals surface area contributed by atoms with Crippen LogP contribution in [0.5, 0.6) is 5.75 Å². The van der Waals surface area contributed by atoms with Crippen LogP contribution in [0.1, 0.15) is 24.4 Å². The van der Waals surface area contributed by atoms with Gasteiger partial charge in [0.2, 0.25) is 5.91 Å². The number of nitrogens with zero attached hydrogens (tertiary/aromatic N) is 1. The molecule has 1 atom stereocenters. The molecule has 0 radical (unpaired) electrons. The van der Waals surface area contributed by atoms with E-state index in [2.05, 4.69) is 44.9 Å². The fraction of sp³-hybridized carbons (Fsp3) is 0.316. The molecule has 0 spiro atoms. The molecule has 3 rings (SSSR count). The lowest BCUT2D eigenvalue weighted by molar-refractivity contribution is -0.117. The van der Waals surface area contributed by atoms with E-state index >= 15 is 0 Å². The molecule has 5 heteroatoms. The lowest BCUT2D eigenvalue weighted by atomic mass is 10.0. The molecule has 0 bridgehead atoms. The van der Waals surface area contributed by atoms with E-state index in [9.17, 15) is 4.79 Å². The third kappa shape index (κ3) is 4.27. The van der Waals surface area contributed by atoms with Crippen LogP contribution in [0.15, 0.2) is 48.5 Å². The summed E-state index contributed by atoms with van der Waals surface area (Å²) in [5.41, 5.74) is 2.06. The molecule has 0 aromatic heterocycles. The number of carbonyl (C=O) groups excluding carboxylic acids is 1. The Hall–Kier alpha value is -1.60. The molecule has 1 N–H and O–H groups in total. The summed E-state index contributed by atoms with van der Waals surface area (Å²) in [5, 5.41) is 2.98. The van der Waals surface area contributed by atoms with Gasteiger partial charge in [0, 0.05) is 15.3 Å². The largest absolute Gasteiger partial charge is 0.497 e. The highest BCUT2D eigenvalue weighted by atomic mass is 127. The van der Waals surface area contributed by atoms with Crippen molar-refractivity contribution < 1.29 is 9.53 Å². The van der Waals surface area contributed by atoms with E-state index in [0.29, 0.717) is 6.54 Å². The molecular formula is C19H21IN2O2. The van der Waals surface area contributed by atoms with E-state index in [1.54, 1.807) is 7.11 Å². The van der Waals surface area contributed by atoms with Gasteiger partial charge in [-0.15, -0.1) is 0 Å². The third-order valence-corrected chi connectivity index (χ3v) is 5.04. The van der Waals surface area contributed by atoms with Gasteiger partial charge in [0.05, 0.1) is 13.7 Å². The highest BCUT2D eigenvalue weighted by Crippen LogP contribution is 2.33. The minimum atomic E-state index is 0.0333. The Morgan fingerprint density at radius 2 is 2.08 bits per heavy atom. The molecule has 1 saturated heterocycles. The number of hydrogen-bond acceptors (Lipinski definition) is 3. The van der Waals surface area contributed by atoms with Gasteiger partial charge >= 0.3 is 0 Å². The van der Waals surface area contributed by atoms with Gasteiger partial charge < -0.3 is 10.1 Å². The first-order chi connectivity index (χ1) is 11.7. The average molecular weight is 436 g/mol. The topological polar surface area (TPSA) is 41.6 Å². The number of carbonyl (C=O) groups is 1. The van der Waals surface area contributed by atoms with Crippen molar-refractivity contribution in [3.8, 4) is 5.75 Å². The fourth-order valence-electron chi connectivity index (χ4n) is 3.16. The van der Waals surface area contributed by atoms with Crippen molar-refractivity contribution in [1.82, 2.24) is 4.90 Å². The van der Waals surface area contributed by atoms with Gasteiger partial charge in [0.1, 0.15) is 5.75 Å². The van der Waals surface area contributed by atoms with Crippen molar-refractivity contribution in [3.63, 3.8) is 0 Å². The second-order valence-electron chi connectivity index (χ2n) is 5.96. The first kappa shape index (κ1) is 17.2. The lowest BCUT2D eigenvalue weighted by Crippen LogP contribution is -2.32. The molecule has 1 amide bonds. The van der Waals surface area contributed by atoms with Gasteiger partial charge in [-0.1, -0.05) is 12.1 Å². The standard InChI is InChI=1S/C19H21IN2O2/c1-24-17-5-2-4-14(12-17)18-6-3-11-22(18)13-19(23)21-16-9-7-15(20)8-10-16/h2,4-5,7-10,12,18H,3,6,11,13H2,1H3,(H,21,23). The van der Waals surface area contributed by atoms with Crippen molar-refractivity contribution in [3.05, 3.63) is 57.7 Å². The average Bonchev–Trinajstić information content (AvgIpc) is 3.05. The highest BCUT2D eigenvalue weighted by molar-refractivity contribution is 14.1. The number of anilines is 1. The molecule has 0 saturated carbocycles. The van der Waals surface area contributed by atoms with Crippen molar-refractivity contribution in [1.29, 1.82) is 0 Å². The molecule has 24 heavy (non-hydrogen) atoms. The Labute approximate surface area is 156 Å². The number of methoxy groups -OCH3 is 1. The second kappa shape index (κ2) is 7.98. The van der Waals surface area contributed by atoms with Gasteiger partial charge in [-0.3, -0.25) is 9.69 Å². The number of amides is 1. The first-order valence-electron chi connectivity index (χ1n) is 8.09. The van der Waals surface area contributed by atoms with Crippen LogP contribution in [-0.4, -0.2) is 31.0 Å². The molecule has 2 aromatic carbocycles. The zero-order valence-corrected chi connectivity index (χ0v) is 15.8. The maximum absolute atomic E-state index is 12.4. The predicted octanol–water partition coefficient (Wildman–Crippen LogP) is 4.08. The van der Waals surface area contributed by atoms with Crippen LogP contribution in [-0.2, 0) is 4.79 Å². The molecule has 126 valence electrons. The predicted molar refractivity (Wildman–Crippen MR) is 104 cm³/mol. The Balaban J connectivity index is 1.64. The van der Waals surface area contributed by atoms with E-state index in [-0.39, 0.29) is 11.9 Å². The smallest absolute Gasteiger partial charge is 0.238 e. The Morgan fingerprint density at radius 1 is 1.29 bits per heavy atom. The van der Waals surface area contributed by atoms with Gasteiger partial charge in [0.25, 0.3) is 0 Å². The van der Waals surface area contributed by atoms with E-state index in [1.807, 2.05) is 36.4 Å². The van der Waals surface area contributed by atoms with Gasteiger partial charge in [0.15, 0.2) is 0 Å². The lowest BCUT2D eigenvalue weighted by Gasteiger charge is -2.24. The number of likely N-dealkylation sites (tertiary alicyclic amines) is 1. The monoisotopic (exact) mass is 436 g/mol. The number of hydrogen-bond donors (Lipinski definition) is 1. The summed E-state index contributed by atoms with van der Waals surface area (Å²) >= 11 is 2.25. The summed E-state index contributed by atoms with van der Waals surface area (Å²) < 4.78 is 6.48. The van der Waals surface area contributed by atoms with E-state index < -0.39 is 0 Å². The number of nitrogens with one attached hydrogen (secondary N) is 1. The van der Waals surface area contributed by atoms with E-state index in [1.165, 1.54) is 5.56 Å². The molecule has 1 heterocycles. The minimum absolute atomic E-state index is 0.0333. The maximum Gasteiger partial charge on any atom is 0.238 e. The fourth-order valence-corrected chi connectivity index (χ4v) is 3.52. The van der Waals surface area contributed by atoms with Crippen LogP contribution in [0.4, 0.5) is 5.69 Å². The van der Waals surface area contributed by atoms with Crippen LogP contribution < -0.4 is 10.1 Å². The number of rotatable bonds is 5. The highest BCUT2D eigenvalue weighted by Gasteiger charge is 2.27. The normalized spacial score (nSPS) is 17.7. The number of halogens is 1. The molecule has 2 aromatic rings. The van der Waals surface area contributed by atoms with Gasteiger partial charge in [-0.2, -0.15) is 0 Å². The second-order valence-corrected chi connectivity index (χ2v) is 7.21. The summed E-state index contributed by atoms with van der Waals surface area (Å²) in [5.74, 6) is 0.897. The summed E-state index contributed by atoms with van der Waals surface area (Å²) in [7, 11) is 1.68. The maximum atomic E-state index is 12.4. The zero-order chi connectivity index (χ0) is 16.9. The quantitative estimate of drug-likeness (QED) is 0.719. The third-order valence-electron chi connectivity index (χ3n) is 4.32. The molecule has 1 aliphatic rings. The molecule has 1 fully saturated rings. The molecule has 1 aliphatic heterocycles. The molecule has 1 unspecified atom stereocenters. The van der Waals surface area contributed by atoms with Gasteiger partial charge in [-0.05, 0) is 83.9 Å². The molecular weight excluding hydrogens is 415 g/mol. The first-order valence-corrected chi connectivity index (χ1v) is 9.17. The summed E-state index contributed by atoms with van der Waals surface area (Å²) in [6, 6.07) is 16.3. The van der Waals surface area contributed by atoms with Crippen molar-refractivity contribution in [2.24, 2.45) is 0 Å². The summed E-state index contributed by atoms with van der Waals surface area (Å²) in [6.45, 7) is 1.36. The molecule has 0 aliphatic carbocycles. The summed E-state index contributed by atoms with van der Waals surface area (Å²) in [6.07, 6.45) is 2.18. The molecule has 4 nitrogen and oxygen atoms in total. The Kier molecular flexibility index (Phi) is 5.73. The van der Waals surface area contributed by atoms with Crippen LogP contribution >= 0.6 is 22.6 Å². The van der Waals surface area contributed by atoms with E-state index in [4.69, 9.17) is 4.74 Å². The SMILES string of the molecule is COc1cccc(C2CCCN2CC(=O)Nc2ccc(I)cc2)c1. The van der Waals surface area contributed by atoms with E-state index in [0.717, 1.165) is 34.4 Å². The minimum Gasteiger partial charge on any atom is -0.497 e. The van der Waals surface area contributed by atoms with Crippen molar-refractivity contribution >= 4 is 34.2 Å². The van der Waals surface area contributed by atoms with Crippen molar-refractivity contribution in [2.75, 3.05) is 25.5 Å². The Morgan fingerprint density at radius 3 is 2.83 bits per heavy atom. The van der Waals surface area contributed by atoms with Crippen LogP contribution in [0, 0.1) is 3.57 Å². The van der Waals surface area contributed by atoms with Crippen LogP contribution in [0.25, 0.3) is 0 Å². The van der Waals surface area contributed by atoms with Crippen LogP contribution in [0.3, 0.4) is 0 Å². The van der Waals surface area contributed by atoms with Crippen molar-refractivity contribution in [2.45, 2.75) is 18.9 Å². The number of ether oxygens (including phenoxy) is 1. The number of benzene rings is 2.